The summed E-state index contributed by atoms with van der Waals surface area (Å²) in [5.41, 5.74) is 1.62. The number of carbonyl (C=O) groups is 1. The van der Waals surface area contributed by atoms with E-state index in [1.165, 1.54) is 11.3 Å². The van der Waals surface area contributed by atoms with Gasteiger partial charge in [-0.25, -0.2) is 15.0 Å². The second-order valence-electron chi connectivity index (χ2n) is 6.08. The summed E-state index contributed by atoms with van der Waals surface area (Å²) in [7, 11) is 0. The summed E-state index contributed by atoms with van der Waals surface area (Å²) in [5.74, 6) is 0.694. The second-order valence-corrected chi connectivity index (χ2v) is 8.55. The van der Waals surface area contributed by atoms with Crippen molar-refractivity contribution >= 4 is 67.0 Å². The number of aromatic nitrogens is 3. The first-order valence-electron chi connectivity index (χ1n) is 8.83. The molecule has 4 rings (SSSR count). The number of hydrogen-bond donors (Lipinski definition) is 3. The summed E-state index contributed by atoms with van der Waals surface area (Å²) in [6, 6.07) is 9.03. The quantitative estimate of drug-likeness (QED) is 0.370. The summed E-state index contributed by atoms with van der Waals surface area (Å²) >= 11 is 9.07. The van der Waals surface area contributed by atoms with Crippen LogP contribution in [0, 0.1) is 0 Å². The third-order valence-corrected chi connectivity index (χ3v) is 6.13. The lowest BCUT2D eigenvalue weighted by molar-refractivity contribution is -0.114. The van der Waals surface area contributed by atoms with Crippen LogP contribution in [0.1, 0.15) is 4.88 Å². The molecule has 7 nitrogen and oxygen atoms in total. The molecule has 0 spiro atoms. The van der Waals surface area contributed by atoms with Gasteiger partial charge in [0.05, 0.1) is 16.8 Å². The van der Waals surface area contributed by atoms with Crippen LogP contribution >= 0.6 is 34.3 Å². The van der Waals surface area contributed by atoms with Crippen LogP contribution < -0.4 is 16.0 Å². The van der Waals surface area contributed by atoms with Gasteiger partial charge < -0.3 is 16.0 Å². The van der Waals surface area contributed by atoms with Gasteiger partial charge in [-0.3, -0.25) is 4.79 Å². The summed E-state index contributed by atoms with van der Waals surface area (Å²) in [5, 5.41) is 12.5. The monoisotopic (exact) mass is 444 g/mol. The molecule has 1 aromatic carbocycles. The molecule has 0 aliphatic heterocycles. The smallest absolute Gasteiger partial charge is 0.243 e. The fraction of sp³-hybridized carbons (Fsp3) is 0.158. The molecule has 0 bridgehead atoms. The maximum absolute atomic E-state index is 12.1. The van der Waals surface area contributed by atoms with Gasteiger partial charge >= 0.3 is 0 Å². The largest absolute Gasteiger partial charge is 0.368 e. The van der Waals surface area contributed by atoms with E-state index in [0.717, 1.165) is 33.9 Å². The SMILES string of the molecule is O=C(CNc1ncc(CCNc2ncnc3ccsc23)s1)Nc1cccc(Cl)c1. The average Bonchev–Trinajstić information content (AvgIpc) is 3.36. The minimum absolute atomic E-state index is 0.134. The fourth-order valence-electron chi connectivity index (χ4n) is 2.65. The molecule has 3 N–H and O–H groups in total. The van der Waals surface area contributed by atoms with Crippen LogP contribution in [-0.2, 0) is 11.2 Å². The number of hydrogen-bond acceptors (Lipinski definition) is 8. The van der Waals surface area contributed by atoms with E-state index in [1.807, 2.05) is 17.6 Å². The molecule has 4 aromatic rings. The third-order valence-electron chi connectivity index (χ3n) is 3.97. The number of anilines is 3. The molecule has 0 aliphatic carbocycles. The third kappa shape index (κ3) is 5.20. The average molecular weight is 445 g/mol. The molecule has 10 heteroatoms. The van der Waals surface area contributed by atoms with Crippen LogP contribution in [0.2, 0.25) is 5.02 Å². The zero-order chi connectivity index (χ0) is 20.1. The summed E-state index contributed by atoms with van der Waals surface area (Å²) in [4.78, 5) is 26.1. The first-order chi connectivity index (χ1) is 14.2. The zero-order valence-corrected chi connectivity index (χ0v) is 17.6. The predicted molar refractivity (Wildman–Crippen MR) is 120 cm³/mol. The number of thiazole rings is 1. The number of rotatable bonds is 8. The molecule has 0 saturated carbocycles. The Kier molecular flexibility index (Phi) is 6.18. The normalized spacial score (nSPS) is 10.8. The highest BCUT2D eigenvalue weighted by Gasteiger charge is 2.07. The van der Waals surface area contributed by atoms with Gasteiger partial charge in [0, 0.05) is 34.7 Å². The molecule has 3 heterocycles. The van der Waals surface area contributed by atoms with Gasteiger partial charge in [-0.2, -0.15) is 0 Å². The van der Waals surface area contributed by atoms with Crippen molar-refractivity contribution in [1.82, 2.24) is 15.0 Å². The van der Waals surface area contributed by atoms with Gasteiger partial charge in [-0.1, -0.05) is 17.7 Å². The standard InChI is InChI=1S/C19H17ClN6OS2/c20-12-2-1-3-13(8-12)26-16(27)10-23-19-22-9-14(29-19)4-6-21-18-17-15(5-7-28-17)24-11-25-18/h1-3,5,7-9,11H,4,6,10H2,(H,22,23)(H,26,27)(H,21,24,25). The molecule has 29 heavy (non-hydrogen) atoms. The van der Waals surface area contributed by atoms with Crippen LogP contribution in [0.15, 0.2) is 48.2 Å². The highest BCUT2D eigenvalue weighted by molar-refractivity contribution is 7.17. The van der Waals surface area contributed by atoms with Gasteiger partial charge in [0.15, 0.2) is 5.13 Å². The predicted octanol–water partition coefficient (Wildman–Crippen LogP) is 4.51. The van der Waals surface area contributed by atoms with E-state index in [4.69, 9.17) is 11.6 Å². The first-order valence-corrected chi connectivity index (χ1v) is 10.9. The maximum Gasteiger partial charge on any atom is 0.243 e. The number of amides is 1. The van der Waals surface area contributed by atoms with E-state index < -0.39 is 0 Å². The Hall–Kier alpha value is -2.75. The Morgan fingerprint density at radius 2 is 2.07 bits per heavy atom. The zero-order valence-electron chi connectivity index (χ0n) is 15.2. The number of nitrogens with zero attached hydrogens (tertiary/aromatic N) is 3. The molecule has 0 atom stereocenters. The summed E-state index contributed by atoms with van der Waals surface area (Å²) < 4.78 is 1.06. The Morgan fingerprint density at radius 3 is 2.97 bits per heavy atom. The number of thiophene rings is 1. The van der Waals surface area contributed by atoms with Gasteiger partial charge in [-0.05, 0) is 29.6 Å². The lowest BCUT2D eigenvalue weighted by Gasteiger charge is -2.06. The van der Waals surface area contributed by atoms with Gasteiger partial charge in [0.2, 0.25) is 5.91 Å². The van der Waals surface area contributed by atoms with Crippen molar-refractivity contribution < 1.29 is 4.79 Å². The molecule has 0 unspecified atom stereocenters. The Bertz CT molecular complexity index is 1130. The van der Waals surface area contributed by atoms with Crippen LogP contribution in [0.25, 0.3) is 10.2 Å². The van der Waals surface area contributed by atoms with Gasteiger partial charge in [0.1, 0.15) is 12.1 Å². The minimum atomic E-state index is -0.158. The lowest BCUT2D eigenvalue weighted by atomic mass is 10.3. The van der Waals surface area contributed by atoms with Crippen molar-refractivity contribution in [2.45, 2.75) is 6.42 Å². The molecule has 148 valence electrons. The molecule has 0 aliphatic rings. The van der Waals surface area contributed by atoms with Crippen LogP contribution in [0.4, 0.5) is 16.6 Å². The van der Waals surface area contributed by atoms with Crippen molar-refractivity contribution in [3.05, 3.63) is 58.1 Å². The Morgan fingerprint density at radius 1 is 1.14 bits per heavy atom. The van der Waals surface area contributed by atoms with E-state index in [2.05, 4.69) is 30.9 Å². The van der Waals surface area contributed by atoms with Crippen LogP contribution in [0.5, 0.6) is 0 Å². The molecule has 0 radical (unpaired) electrons. The lowest BCUT2D eigenvalue weighted by Crippen LogP contribution is -2.21. The van der Waals surface area contributed by atoms with Crippen molar-refractivity contribution in [3.63, 3.8) is 0 Å². The van der Waals surface area contributed by atoms with Crippen molar-refractivity contribution in [2.75, 3.05) is 29.0 Å². The number of nitrogens with one attached hydrogen (secondary N) is 3. The van der Waals surface area contributed by atoms with Gasteiger partial charge in [0.25, 0.3) is 0 Å². The topological polar surface area (TPSA) is 91.8 Å². The van der Waals surface area contributed by atoms with E-state index >= 15 is 0 Å². The molecule has 3 aromatic heterocycles. The Balaban J connectivity index is 1.24. The van der Waals surface area contributed by atoms with E-state index in [0.29, 0.717) is 15.8 Å². The van der Waals surface area contributed by atoms with E-state index in [9.17, 15) is 4.79 Å². The second kappa shape index (κ2) is 9.17. The molecule has 0 fully saturated rings. The van der Waals surface area contributed by atoms with Crippen LogP contribution in [0.3, 0.4) is 0 Å². The van der Waals surface area contributed by atoms with E-state index in [1.54, 1.807) is 41.9 Å². The van der Waals surface area contributed by atoms with Crippen molar-refractivity contribution in [2.24, 2.45) is 0 Å². The maximum atomic E-state index is 12.1. The molecule has 1 amide bonds. The van der Waals surface area contributed by atoms with Crippen LogP contribution in [-0.4, -0.2) is 33.9 Å². The number of halogens is 1. The first kappa shape index (κ1) is 19.6. The molecule has 0 saturated heterocycles. The fourth-order valence-corrected chi connectivity index (χ4v) is 4.46. The molecular weight excluding hydrogens is 428 g/mol. The number of carbonyl (C=O) groups excluding carboxylic acids is 1. The number of fused-ring (bicyclic) bond motifs is 1. The summed E-state index contributed by atoms with van der Waals surface area (Å²) in [6.07, 6.45) is 4.20. The minimum Gasteiger partial charge on any atom is -0.368 e. The van der Waals surface area contributed by atoms with Gasteiger partial charge in [-0.15, -0.1) is 22.7 Å². The highest BCUT2D eigenvalue weighted by atomic mass is 35.5. The Labute approximate surface area is 180 Å². The molecular formula is C19H17ClN6OS2. The van der Waals surface area contributed by atoms with Crippen molar-refractivity contribution in [3.8, 4) is 0 Å². The highest BCUT2D eigenvalue weighted by Crippen LogP contribution is 2.25. The van der Waals surface area contributed by atoms with Crippen molar-refractivity contribution in [1.29, 1.82) is 0 Å². The number of benzene rings is 1. The summed E-state index contributed by atoms with van der Waals surface area (Å²) in [6.45, 7) is 0.871. The van der Waals surface area contributed by atoms with E-state index in [-0.39, 0.29) is 12.5 Å².